The van der Waals surface area contributed by atoms with Crippen LogP contribution in [0.15, 0.2) is 18.2 Å². The van der Waals surface area contributed by atoms with Gasteiger partial charge in [0.2, 0.25) is 0 Å². The van der Waals surface area contributed by atoms with Crippen LogP contribution in [-0.4, -0.2) is 13.1 Å². The van der Waals surface area contributed by atoms with E-state index in [-0.39, 0.29) is 0 Å². The van der Waals surface area contributed by atoms with Gasteiger partial charge in [-0.3, -0.25) is 0 Å². The summed E-state index contributed by atoms with van der Waals surface area (Å²) in [5.41, 5.74) is 4.82. The summed E-state index contributed by atoms with van der Waals surface area (Å²) in [5.74, 6) is 0.866. The molecule has 2 aliphatic rings. The SMILES string of the molecule is c1cc2c(cc1CC1CCCNC1)CCCC2. The molecule has 1 atom stereocenters. The fourth-order valence-electron chi connectivity index (χ4n) is 3.35. The van der Waals surface area contributed by atoms with Crippen LogP contribution in [0, 0.1) is 5.92 Å². The van der Waals surface area contributed by atoms with Crippen molar-refractivity contribution in [3.8, 4) is 0 Å². The lowest BCUT2D eigenvalue weighted by atomic mass is 9.87. The predicted octanol–water partition coefficient (Wildman–Crippen LogP) is 3.11. The Morgan fingerprint density at radius 1 is 1.06 bits per heavy atom. The highest BCUT2D eigenvalue weighted by atomic mass is 14.9. The molecule has 1 saturated heterocycles. The second kappa shape index (κ2) is 5.22. The Morgan fingerprint density at radius 3 is 2.76 bits per heavy atom. The Bertz CT molecular complexity index is 377. The zero-order valence-corrected chi connectivity index (χ0v) is 10.7. The summed E-state index contributed by atoms with van der Waals surface area (Å²) in [6.45, 7) is 2.44. The van der Waals surface area contributed by atoms with E-state index in [1.54, 1.807) is 16.7 Å². The third-order valence-corrected chi connectivity index (χ3v) is 4.34. The fraction of sp³-hybridized carbons (Fsp3) is 0.625. The maximum absolute atomic E-state index is 3.52. The monoisotopic (exact) mass is 229 g/mol. The van der Waals surface area contributed by atoms with Gasteiger partial charge in [-0.2, -0.15) is 0 Å². The highest BCUT2D eigenvalue weighted by molar-refractivity contribution is 5.34. The first kappa shape index (κ1) is 11.3. The van der Waals surface area contributed by atoms with Crippen molar-refractivity contribution in [3.63, 3.8) is 0 Å². The standard InChI is InChI=1S/C16H23N/c1-2-6-16-11-13(7-8-15(16)5-1)10-14-4-3-9-17-12-14/h7-8,11,14,17H,1-6,9-10,12H2. The first-order chi connectivity index (χ1) is 8.42. The summed E-state index contributed by atoms with van der Waals surface area (Å²) in [7, 11) is 0. The minimum absolute atomic E-state index is 0.866. The third-order valence-electron chi connectivity index (χ3n) is 4.34. The average molecular weight is 229 g/mol. The van der Waals surface area contributed by atoms with Crippen LogP contribution in [0.25, 0.3) is 0 Å². The van der Waals surface area contributed by atoms with E-state index in [4.69, 9.17) is 0 Å². The van der Waals surface area contributed by atoms with Gasteiger partial charge in [0, 0.05) is 0 Å². The molecule has 1 unspecified atom stereocenters. The molecule has 1 N–H and O–H groups in total. The van der Waals surface area contributed by atoms with Crippen molar-refractivity contribution < 1.29 is 0 Å². The minimum Gasteiger partial charge on any atom is -0.316 e. The van der Waals surface area contributed by atoms with Crippen LogP contribution in [-0.2, 0) is 19.3 Å². The van der Waals surface area contributed by atoms with E-state index in [1.807, 2.05) is 0 Å². The number of piperidine rings is 1. The first-order valence-electron chi connectivity index (χ1n) is 7.23. The van der Waals surface area contributed by atoms with Crippen molar-refractivity contribution in [1.29, 1.82) is 0 Å². The number of nitrogens with one attached hydrogen (secondary N) is 1. The molecule has 1 aliphatic carbocycles. The smallest absolute Gasteiger partial charge is 0.00173 e. The van der Waals surface area contributed by atoms with Crippen LogP contribution in [0.2, 0.25) is 0 Å². The summed E-state index contributed by atoms with van der Waals surface area (Å²) in [6.07, 6.45) is 9.44. The minimum atomic E-state index is 0.866. The third kappa shape index (κ3) is 2.71. The second-order valence-electron chi connectivity index (χ2n) is 5.73. The molecule has 0 spiro atoms. The van der Waals surface area contributed by atoms with E-state index in [0.717, 1.165) is 5.92 Å². The number of benzene rings is 1. The first-order valence-corrected chi connectivity index (χ1v) is 7.23. The van der Waals surface area contributed by atoms with Crippen LogP contribution in [0.4, 0.5) is 0 Å². The van der Waals surface area contributed by atoms with Gasteiger partial charge in [0.1, 0.15) is 0 Å². The summed E-state index contributed by atoms with van der Waals surface area (Å²) in [4.78, 5) is 0. The molecular formula is C16H23N. The Hall–Kier alpha value is -0.820. The topological polar surface area (TPSA) is 12.0 Å². The zero-order chi connectivity index (χ0) is 11.5. The van der Waals surface area contributed by atoms with Crippen molar-refractivity contribution in [2.24, 2.45) is 5.92 Å². The van der Waals surface area contributed by atoms with Gasteiger partial charge in [0.25, 0.3) is 0 Å². The van der Waals surface area contributed by atoms with Gasteiger partial charge in [-0.1, -0.05) is 18.2 Å². The van der Waals surface area contributed by atoms with E-state index >= 15 is 0 Å². The molecule has 0 bridgehead atoms. The molecular weight excluding hydrogens is 206 g/mol. The number of fused-ring (bicyclic) bond motifs is 1. The van der Waals surface area contributed by atoms with E-state index < -0.39 is 0 Å². The van der Waals surface area contributed by atoms with Crippen molar-refractivity contribution in [1.82, 2.24) is 5.32 Å². The summed E-state index contributed by atoms with van der Waals surface area (Å²) < 4.78 is 0. The van der Waals surface area contributed by atoms with Crippen LogP contribution < -0.4 is 5.32 Å². The van der Waals surface area contributed by atoms with E-state index in [2.05, 4.69) is 23.5 Å². The Kier molecular flexibility index (Phi) is 3.46. The number of hydrogen-bond acceptors (Lipinski definition) is 1. The molecule has 0 saturated carbocycles. The summed E-state index contributed by atoms with van der Waals surface area (Å²) in [6, 6.07) is 7.25. The summed E-state index contributed by atoms with van der Waals surface area (Å²) in [5, 5.41) is 3.52. The van der Waals surface area contributed by atoms with Gasteiger partial charge in [0.15, 0.2) is 0 Å². The van der Waals surface area contributed by atoms with Crippen molar-refractivity contribution in [2.75, 3.05) is 13.1 Å². The van der Waals surface area contributed by atoms with Crippen LogP contribution in [0.5, 0.6) is 0 Å². The van der Waals surface area contributed by atoms with E-state index in [1.165, 1.54) is 58.0 Å². The van der Waals surface area contributed by atoms with Gasteiger partial charge in [0.05, 0.1) is 0 Å². The van der Waals surface area contributed by atoms with Crippen molar-refractivity contribution >= 4 is 0 Å². The van der Waals surface area contributed by atoms with Gasteiger partial charge in [-0.05, 0) is 80.6 Å². The normalized spacial score (nSPS) is 24.4. The average Bonchev–Trinajstić information content (AvgIpc) is 2.40. The number of hydrogen-bond donors (Lipinski definition) is 1. The fourth-order valence-corrected chi connectivity index (χ4v) is 3.35. The Balaban J connectivity index is 1.70. The second-order valence-corrected chi connectivity index (χ2v) is 5.73. The molecule has 1 nitrogen and oxygen atoms in total. The zero-order valence-electron chi connectivity index (χ0n) is 10.7. The van der Waals surface area contributed by atoms with E-state index in [9.17, 15) is 0 Å². The molecule has 0 amide bonds. The lowest BCUT2D eigenvalue weighted by Gasteiger charge is -2.23. The molecule has 1 aromatic carbocycles. The molecule has 92 valence electrons. The molecule has 0 aromatic heterocycles. The molecule has 17 heavy (non-hydrogen) atoms. The Morgan fingerprint density at radius 2 is 1.94 bits per heavy atom. The molecule has 1 aliphatic heterocycles. The lowest BCUT2D eigenvalue weighted by Crippen LogP contribution is -2.30. The van der Waals surface area contributed by atoms with Gasteiger partial charge < -0.3 is 5.32 Å². The highest BCUT2D eigenvalue weighted by Crippen LogP contribution is 2.24. The van der Waals surface area contributed by atoms with E-state index in [0.29, 0.717) is 0 Å². The van der Waals surface area contributed by atoms with Crippen molar-refractivity contribution in [2.45, 2.75) is 44.9 Å². The highest BCUT2D eigenvalue weighted by Gasteiger charge is 2.15. The van der Waals surface area contributed by atoms with Gasteiger partial charge >= 0.3 is 0 Å². The Labute approximate surface area is 105 Å². The quantitative estimate of drug-likeness (QED) is 0.821. The molecule has 0 radical (unpaired) electrons. The number of aryl methyl sites for hydroxylation is 2. The predicted molar refractivity (Wildman–Crippen MR) is 72.4 cm³/mol. The maximum Gasteiger partial charge on any atom is -0.00173 e. The molecule has 1 aromatic rings. The molecule has 3 rings (SSSR count). The maximum atomic E-state index is 3.52. The molecule has 1 heterocycles. The van der Waals surface area contributed by atoms with Crippen LogP contribution >= 0.6 is 0 Å². The molecule has 1 fully saturated rings. The number of rotatable bonds is 2. The molecule has 1 heteroatoms. The van der Waals surface area contributed by atoms with Gasteiger partial charge in [-0.15, -0.1) is 0 Å². The largest absolute Gasteiger partial charge is 0.316 e. The summed E-state index contributed by atoms with van der Waals surface area (Å²) >= 11 is 0. The van der Waals surface area contributed by atoms with Crippen molar-refractivity contribution in [3.05, 3.63) is 34.9 Å². The lowest BCUT2D eigenvalue weighted by molar-refractivity contribution is 0.376. The van der Waals surface area contributed by atoms with Crippen LogP contribution in [0.1, 0.15) is 42.4 Å². The van der Waals surface area contributed by atoms with Gasteiger partial charge in [-0.25, -0.2) is 0 Å². The van der Waals surface area contributed by atoms with Crippen LogP contribution in [0.3, 0.4) is 0 Å².